The quantitative estimate of drug-likeness (QED) is 0.452. The number of benzene rings is 2. The minimum absolute atomic E-state index is 0.0703. The minimum atomic E-state index is -0.544. The lowest BCUT2D eigenvalue weighted by atomic mass is 10.1. The summed E-state index contributed by atoms with van der Waals surface area (Å²) in [5, 5.41) is 33.2. The molecule has 0 unspecified atom stereocenters. The average molecular weight is 315 g/mol. The number of carbonyl (C=O) groups excluding carboxylic acids is 1. The molecule has 1 amide bonds. The summed E-state index contributed by atoms with van der Waals surface area (Å²) in [6, 6.07) is 7.90. The van der Waals surface area contributed by atoms with Crippen molar-refractivity contribution in [2.45, 2.75) is 6.92 Å². The lowest BCUT2D eigenvalue weighted by molar-refractivity contribution is -0.385. The number of phenols is 2. The molecule has 0 heterocycles. The predicted molar refractivity (Wildman–Crippen MR) is 82.7 cm³/mol. The molecular weight excluding hydrogens is 302 g/mol. The molecule has 0 aliphatic rings. The van der Waals surface area contributed by atoms with Gasteiger partial charge >= 0.3 is 0 Å². The number of aryl methyl sites for hydroxylation is 1. The van der Waals surface area contributed by atoms with E-state index in [1.54, 1.807) is 0 Å². The van der Waals surface area contributed by atoms with Gasteiger partial charge in [-0.1, -0.05) is 0 Å². The molecule has 0 radical (unpaired) electrons. The van der Waals surface area contributed by atoms with Gasteiger partial charge in [-0.25, -0.2) is 5.43 Å². The average Bonchev–Trinajstić information content (AvgIpc) is 2.48. The van der Waals surface area contributed by atoms with Gasteiger partial charge in [-0.05, 0) is 31.2 Å². The third kappa shape index (κ3) is 3.82. The highest BCUT2D eigenvalue weighted by atomic mass is 16.6. The summed E-state index contributed by atoms with van der Waals surface area (Å²) in [5.41, 5.74) is 3.08. The van der Waals surface area contributed by atoms with Crippen molar-refractivity contribution in [2.24, 2.45) is 5.10 Å². The van der Waals surface area contributed by atoms with Gasteiger partial charge in [0.1, 0.15) is 11.5 Å². The van der Waals surface area contributed by atoms with E-state index in [2.05, 4.69) is 10.5 Å². The van der Waals surface area contributed by atoms with Crippen LogP contribution in [0.25, 0.3) is 0 Å². The van der Waals surface area contributed by atoms with E-state index in [4.69, 9.17) is 5.11 Å². The molecule has 0 aliphatic carbocycles. The van der Waals surface area contributed by atoms with Crippen LogP contribution in [0.1, 0.15) is 21.5 Å². The van der Waals surface area contributed by atoms with Gasteiger partial charge in [0.25, 0.3) is 11.6 Å². The van der Waals surface area contributed by atoms with E-state index < -0.39 is 10.8 Å². The largest absolute Gasteiger partial charge is 0.508 e. The van der Waals surface area contributed by atoms with E-state index in [1.165, 1.54) is 43.5 Å². The summed E-state index contributed by atoms with van der Waals surface area (Å²) >= 11 is 0. The van der Waals surface area contributed by atoms with Crippen LogP contribution in [0.15, 0.2) is 41.5 Å². The van der Waals surface area contributed by atoms with Gasteiger partial charge in [0.15, 0.2) is 0 Å². The van der Waals surface area contributed by atoms with E-state index in [0.29, 0.717) is 11.1 Å². The van der Waals surface area contributed by atoms with Gasteiger partial charge in [-0.3, -0.25) is 14.9 Å². The number of amides is 1. The standard InChI is InChI=1S/C15H13N3O5/c1-9-6-10(3-5-13(9)18(22)23)15(21)17-16-8-11-2-4-12(19)7-14(11)20/h2-8,19-20H,1H3,(H,17,21). The number of rotatable bonds is 4. The van der Waals surface area contributed by atoms with Crippen LogP contribution >= 0.6 is 0 Å². The Kier molecular flexibility index (Phi) is 4.55. The lowest BCUT2D eigenvalue weighted by Gasteiger charge is -2.03. The fourth-order valence-corrected chi connectivity index (χ4v) is 1.87. The number of phenolic OH excluding ortho intramolecular Hbond substituents is 2. The highest BCUT2D eigenvalue weighted by Gasteiger charge is 2.13. The van der Waals surface area contributed by atoms with E-state index >= 15 is 0 Å². The maximum absolute atomic E-state index is 11.9. The summed E-state index contributed by atoms with van der Waals surface area (Å²) in [7, 11) is 0. The van der Waals surface area contributed by atoms with Gasteiger partial charge in [-0.15, -0.1) is 0 Å². The van der Waals surface area contributed by atoms with E-state index in [0.717, 1.165) is 6.07 Å². The molecule has 0 bridgehead atoms. The molecule has 0 aliphatic heterocycles. The summed E-state index contributed by atoms with van der Waals surface area (Å²) in [6.07, 6.45) is 1.21. The zero-order valence-corrected chi connectivity index (χ0v) is 12.1. The third-order valence-electron chi connectivity index (χ3n) is 3.04. The van der Waals surface area contributed by atoms with Crippen molar-refractivity contribution in [3.05, 3.63) is 63.2 Å². The van der Waals surface area contributed by atoms with E-state index in [9.17, 15) is 20.0 Å². The lowest BCUT2D eigenvalue weighted by Crippen LogP contribution is -2.17. The molecule has 0 fully saturated rings. The molecule has 2 aromatic rings. The van der Waals surface area contributed by atoms with Crippen molar-refractivity contribution < 1.29 is 19.9 Å². The Morgan fingerprint density at radius 2 is 2.00 bits per heavy atom. The molecule has 2 rings (SSSR count). The number of hydrogen-bond donors (Lipinski definition) is 3. The maximum Gasteiger partial charge on any atom is 0.272 e. The molecule has 118 valence electrons. The molecule has 0 aromatic heterocycles. The first-order valence-corrected chi connectivity index (χ1v) is 6.49. The van der Waals surface area contributed by atoms with E-state index in [1.807, 2.05) is 0 Å². The molecule has 2 aromatic carbocycles. The number of nitro benzene ring substituents is 1. The van der Waals surface area contributed by atoms with Crippen molar-refractivity contribution in [3.63, 3.8) is 0 Å². The Balaban J connectivity index is 2.09. The number of nitrogens with zero attached hydrogens (tertiary/aromatic N) is 2. The Morgan fingerprint density at radius 1 is 1.26 bits per heavy atom. The SMILES string of the molecule is Cc1cc(C(=O)NN=Cc2ccc(O)cc2O)ccc1[N+](=O)[O-]. The number of nitro groups is 1. The van der Waals surface area contributed by atoms with Gasteiger partial charge in [-0.2, -0.15) is 5.10 Å². The fourth-order valence-electron chi connectivity index (χ4n) is 1.87. The van der Waals surface area contributed by atoms with Crippen LogP contribution in [-0.2, 0) is 0 Å². The van der Waals surface area contributed by atoms with Crippen molar-refractivity contribution in [1.82, 2.24) is 5.43 Å². The Bertz CT molecular complexity index is 802. The molecule has 3 N–H and O–H groups in total. The molecule has 8 nitrogen and oxygen atoms in total. The second-order valence-electron chi connectivity index (χ2n) is 4.70. The van der Waals surface area contributed by atoms with Gasteiger partial charge in [0.2, 0.25) is 0 Å². The number of nitrogens with one attached hydrogen (secondary N) is 1. The second kappa shape index (κ2) is 6.56. The number of hydrogen-bond acceptors (Lipinski definition) is 6. The minimum Gasteiger partial charge on any atom is -0.508 e. The summed E-state index contributed by atoms with van der Waals surface area (Å²) in [5.74, 6) is -0.822. The summed E-state index contributed by atoms with van der Waals surface area (Å²) in [6.45, 7) is 1.53. The highest BCUT2D eigenvalue weighted by Crippen LogP contribution is 2.21. The zero-order valence-electron chi connectivity index (χ0n) is 12.1. The molecule has 0 saturated carbocycles. The normalized spacial score (nSPS) is 10.7. The number of carbonyl (C=O) groups is 1. The van der Waals surface area contributed by atoms with Crippen molar-refractivity contribution in [3.8, 4) is 11.5 Å². The number of hydrazone groups is 1. The smallest absolute Gasteiger partial charge is 0.272 e. The topological polar surface area (TPSA) is 125 Å². The van der Waals surface area contributed by atoms with Crippen LogP contribution < -0.4 is 5.43 Å². The molecule has 8 heteroatoms. The van der Waals surface area contributed by atoms with Gasteiger partial charge in [0, 0.05) is 28.8 Å². The Labute approximate surface area is 130 Å². The first-order chi connectivity index (χ1) is 10.9. The molecule has 0 spiro atoms. The van der Waals surface area contributed by atoms with Crippen LogP contribution in [-0.4, -0.2) is 27.3 Å². The van der Waals surface area contributed by atoms with Crippen LogP contribution in [0.3, 0.4) is 0 Å². The van der Waals surface area contributed by atoms with Crippen LogP contribution in [0.2, 0.25) is 0 Å². The number of aromatic hydroxyl groups is 2. The maximum atomic E-state index is 11.9. The molecule has 0 atom stereocenters. The predicted octanol–water partition coefficient (Wildman–Crippen LogP) is 2.08. The zero-order chi connectivity index (χ0) is 17.0. The van der Waals surface area contributed by atoms with E-state index in [-0.39, 0.29) is 22.7 Å². The van der Waals surface area contributed by atoms with Crippen molar-refractivity contribution in [2.75, 3.05) is 0 Å². The van der Waals surface area contributed by atoms with Crippen LogP contribution in [0.4, 0.5) is 5.69 Å². The first kappa shape index (κ1) is 16.0. The molecular formula is C15H13N3O5. The molecule has 0 saturated heterocycles. The fraction of sp³-hybridized carbons (Fsp3) is 0.0667. The third-order valence-corrected chi connectivity index (χ3v) is 3.04. The van der Waals surface area contributed by atoms with Gasteiger partial charge < -0.3 is 10.2 Å². The first-order valence-electron chi connectivity index (χ1n) is 6.49. The summed E-state index contributed by atoms with van der Waals surface area (Å²) in [4.78, 5) is 22.1. The van der Waals surface area contributed by atoms with Gasteiger partial charge in [0.05, 0.1) is 11.1 Å². The van der Waals surface area contributed by atoms with Crippen molar-refractivity contribution in [1.29, 1.82) is 0 Å². The highest BCUT2D eigenvalue weighted by molar-refractivity contribution is 5.95. The van der Waals surface area contributed by atoms with Crippen LogP contribution in [0.5, 0.6) is 11.5 Å². The molecule has 23 heavy (non-hydrogen) atoms. The van der Waals surface area contributed by atoms with Crippen molar-refractivity contribution >= 4 is 17.8 Å². The van der Waals surface area contributed by atoms with Crippen LogP contribution in [0, 0.1) is 17.0 Å². The monoisotopic (exact) mass is 315 g/mol. The second-order valence-corrected chi connectivity index (χ2v) is 4.70. The summed E-state index contributed by atoms with van der Waals surface area (Å²) < 4.78 is 0. The Morgan fingerprint density at radius 3 is 2.61 bits per heavy atom. The Hall–Kier alpha value is -3.42.